The second-order valence-corrected chi connectivity index (χ2v) is 14.2. The fourth-order valence-electron chi connectivity index (χ4n) is 3.25. The van der Waals surface area contributed by atoms with E-state index in [0.29, 0.717) is 0 Å². The normalized spacial score (nSPS) is 12.2. The molecule has 0 radical (unpaired) electrons. The summed E-state index contributed by atoms with van der Waals surface area (Å²) in [5.41, 5.74) is 4.83. The fourth-order valence-corrected chi connectivity index (χ4v) is 4.27. The highest BCUT2D eigenvalue weighted by Crippen LogP contribution is 2.37. The van der Waals surface area contributed by atoms with Gasteiger partial charge in [0.15, 0.2) is 0 Å². The molecule has 0 saturated carbocycles. The van der Waals surface area contributed by atoms with Gasteiger partial charge in [-0.1, -0.05) is 39.0 Å². The predicted octanol–water partition coefficient (Wildman–Crippen LogP) is 6.66. The zero-order valence-corrected chi connectivity index (χ0v) is 19.9. The molecule has 0 fully saturated rings. The Hall–Kier alpha value is -2.33. The first-order valence-corrected chi connectivity index (χ1v) is 13.4. The number of hydrogen-bond donors (Lipinski definition) is 0. The van der Waals surface area contributed by atoms with Gasteiger partial charge in [-0.05, 0) is 86.8 Å². The van der Waals surface area contributed by atoms with Crippen molar-refractivity contribution in [3.8, 4) is 11.6 Å². The molecule has 2 aromatic heterocycles. The van der Waals surface area contributed by atoms with Gasteiger partial charge in [-0.15, -0.1) is 0 Å². The second-order valence-electron chi connectivity index (χ2n) is 9.45. The molecule has 0 atom stereocenters. The maximum absolute atomic E-state index is 6.47. The highest BCUT2D eigenvalue weighted by atomic mass is 28.4. The number of rotatable bonds is 6. The van der Waals surface area contributed by atoms with E-state index in [0.717, 1.165) is 30.1 Å². The van der Waals surface area contributed by atoms with Gasteiger partial charge in [-0.3, -0.25) is 0 Å². The summed E-state index contributed by atoms with van der Waals surface area (Å²) in [6, 6.07) is 19.1. The van der Waals surface area contributed by atoms with Crippen LogP contribution in [0.3, 0.4) is 0 Å². The van der Waals surface area contributed by atoms with E-state index in [1.54, 1.807) is 0 Å². The highest BCUT2D eigenvalue weighted by Gasteiger charge is 2.38. The lowest BCUT2D eigenvalue weighted by Crippen LogP contribution is -2.43. The average Bonchev–Trinajstić information content (AvgIpc) is 2.98. The number of pyridine rings is 1. The van der Waals surface area contributed by atoms with Crippen LogP contribution in [0.25, 0.3) is 5.82 Å². The molecule has 0 N–H and O–H groups in total. The highest BCUT2D eigenvalue weighted by molar-refractivity contribution is 6.74. The number of aryl methyl sites for hydroxylation is 4. The summed E-state index contributed by atoms with van der Waals surface area (Å²) in [6.07, 6.45) is 1.87. The Kier molecular flexibility index (Phi) is 6.04. The minimum absolute atomic E-state index is 0.197. The molecule has 0 unspecified atom stereocenters. The number of aromatic nitrogens is 2. The second kappa shape index (κ2) is 8.19. The molecule has 4 heteroatoms. The van der Waals surface area contributed by atoms with E-state index in [1.165, 1.54) is 17.0 Å². The van der Waals surface area contributed by atoms with E-state index in [1.807, 2.05) is 0 Å². The predicted molar refractivity (Wildman–Crippen MR) is 125 cm³/mol. The summed E-state index contributed by atoms with van der Waals surface area (Å²) < 4.78 is 8.68. The molecule has 1 aromatic carbocycles. The lowest BCUT2D eigenvalue weighted by atomic mass is 10.1. The first kappa shape index (κ1) is 21.4. The topological polar surface area (TPSA) is 27.1 Å². The lowest BCUT2D eigenvalue weighted by molar-refractivity contribution is 0.491. The third kappa shape index (κ3) is 4.99. The van der Waals surface area contributed by atoms with Crippen molar-refractivity contribution >= 4 is 8.32 Å². The zero-order valence-electron chi connectivity index (χ0n) is 18.9. The number of hydrogen-bond acceptors (Lipinski definition) is 2. The van der Waals surface area contributed by atoms with Crippen LogP contribution in [0.15, 0.2) is 54.6 Å². The maximum Gasteiger partial charge on any atom is 0.250 e. The Labute approximate surface area is 176 Å². The first-order chi connectivity index (χ1) is 13.6. The van der Waals surface area contributed by atoms with Gasteiger partial charge in [0.05, 0.1) is 0 Å². The lowest BCUT2D eigenvalue weighted by Gasteiger charge is -2.36. The smallest absolute Gasteiger partial charge is 0.250 e. The molecule has 0 saturated heterocycles. The first-order valence-electron chi connectivity index (χ1n) is 10.5. The van der Waals surface area contributed by atoms with Crippen LogP contribution < -0.4 is 4.43 Å². The van der Waals surface area contributed by atoms with Crippen molar-refractivity contribution in [2.24, 2.45) is 0 Å². The quantitative estimate of drug-likeness (QED) is 0.428. The summed E-state index contributed by atoms with van der Waals surface area (Å²) in [5.74, 6) is 1.99. The van der Waals surface area contributed by atoms with Crippen LogP contribution in [-0.4, -0.2) is 17.9 Å². The largest absolute Gasteiger partial charge is 0.543 e. The van der Waals surface area contributed by atoms with E-state index >= 15 is 0 Å². The van der Waals surface area contributed by atoms with Crippen molar-refractivity contribution in [1.29, 1.82) is 0 Å². The summed E-state index contributed by atoms with van der Waals surface area (Å²) in [4.78, 5) is 4.90. The molecule has 3 nitrogen and oxygen atoms in total. The van der Waals surface area contributed by atoms with Crippen molar-refractivity contribution in [2.75, 3.05) is 0 Å². The van der Waals surface area contributed by atoms with Crippen LogP contribution in [0.2, 0.25) is 18.1 Å². The standard InChI is InChI=1S/C25H34N2OSi/c1-19-14-15-20(2)27(19)24-13-9-11-22(26-24)17-16-21-10-8-12-23(18-21)28-29(6,7)25(3,4)5/h8-15,18H,16-17H2,1-7H3. The number of nitrogens with zero attached hydrogens (tertiary/aromatic N) is 2. The molecule has 0 amide bonds. The van der Waals surface area contributed by atoms with E-state index in [9.17, 15) is 0 Å². The maximum atomic E-state index is 6.47. The van der Waals surface area contributed by atoms with Gasteiger partial charge >= 0.3 is 0 Å². The molecule has 154 valence electrons. The van der Waals surface area contributed by atoms with Gasteiger partial charge in [0.2, 0.25) is 8.32 Å². The van der Waals surface area contributed by atoms with Crippen molar-refractivity contribution in [1.82, 2.24) is 9.55 Å². The molecule has 0 bridgehead atoms. The van der Waals surface area contributed by atoms with Crippen molar-refractivity contribution in [3.05, 3.63) is 77.2 Å². The Balaban J connectivity index is 1.72. The summed E-state index contributed by atoms with van der Waals surface area (Å²) >= 11 is 0. The monoisotopic (exact) mass is 406 g/mol. The average molecular weight is 407 g/mol. The molecule has 0 aliphatic heterocycles. The van der Waals surface area contributed by atoms with Crippen LogP contribution in [-0.2, 0) is 12.8 Å². The molecule has 0 aliphatic rings. The molecule has 2 heterocycles. The fraction of sp³-hybridized carbons (Fsp3) is 0.400. The van der Waals surface area contributed by atoms with E-state index < -0.39 is 8.32 Å². The molecule has 0 spiro atoms. The van der Waals surface area contributed by atoms with Crippen LogP contribution in [0, 0.1) is 13.8 Å². The van der Waals surface area contributed by atoms with E-state index in [2.05, 4.69) is 107 Å². The van der Waals surface area contributed by atoms with Crippen LogP contribution in [0.1, 0.15) is 43.4 Å². The third-order valence-corrected chi connectivity index (χ3v) is 10.4. The van der Waals surface area contributed by atoms with Gasteiger partial charge in [0.25, 0.3) is 0 Å². The van der Waals surface area contributed by atoms with Crippen molar-refractivity contribution in [3.63, 3.8) is 0 Å². The SMILES string of the molecule is Cc1ccc(C)n1-c1cccc(CCc2cccc(O[Si](C)(C)C(C)(C)C)c2)n1. The Bertz CT molecular complexity index is 963. The van der Waals surface area contributed by atoms with Gasteiger partial charge in [0.1, 0.15) is 11.6 Å². The van der Waals surface area contributed by atoms with Crippen LogP contribution in [0.4, 0.5) is 0 Å². The molecule has 0 aliphatic carbocycles. The summed E-state index contributed by atoms with van der Waals surface area (Å²) in [5, 5.41) is 0.197. The van der Waals surface area contributed by atoms with Crippen LogP contribution >= 0.6 is 0 Å². The molecular formula is C25H34N2OSi. The molecule has 3 aromatic rings. The Morgan fingerprint density at radius 1 is 0.897 bits per heavy atom. The van der Waals surface area contributed by atoms with Crippen molar-refractivity contribution in [2.45, 2.75) is 65.6 Å². The Morgan fingerprint density at radius 2 is 1.55 bits per heavy atom. The Morgan fingerprint density at radius 3 is 2.21 bits per heavy atom. The summed E-state index contributed by atoms with van der Waals surface area (Å²) in [7, 11) is -1.82. The summed E-state index contributed by atoms with van der Waals surface area (Å²) in [6.45, 7) is 15.6. The number of benzene rings is 1. The van der Waals surface area contributed by atoms with Gasteiger partial charge in [0, 0.05) is 17.1 Å². The third-order valence-electron chi connectivity index (χ3n) is 6.04. The molecular weight excluding hydrogens is 372 g/mol. The molecule has 3 rings (SSSR count). The molecule has 29 heavy (non-hydrogen) atoms. The minimum atomic E-state index is -1.82. The van der Waals surface area contributed by atoms with Gasteiger partial charge in [-0.25, -0.2) is 4.98 Å². The zero-order chi connectivity index (χ0) is 21.2. The minimum Gasteiger partial charge on any atom is -0.543 e. The van der Waals surface area contributed by atoms with E-state index in [-0.39, 0.29) is 5.04 Å². The van der Waals surface area contributed by atoms with Gasteiger partial charge in [-0.2, -0.15) is 0 Å². The van der Waals surface area contributed by atoms with Gasteiger partial charge < -0.3 is 8.99 Å². The van der Waals surface area contributed by atoms with Crippen molar-refractivity contribution < 1.29 is 4.43 Å². The van der Waals surface area contributed by atoms with Crippen LogP contribution in [0.5, 0.6) is 5.75 Å². The van der Waals surface area contributed by atoms with E-state index in [4.69, 9.17) is 9.41 Å².